The van der Waals surface area contributed by atoms with E-state index >= 15 is 0 Å². The summed E-state index contributed by atoms with van der Waals surface area (Å²) in [5.74, 6) is 0. The van der Waals surface area contributed by atoms with E-state index in [-0.39, 0.29) is 0 Å². The minimum Gasteiger partial charge on any atom is -0.403 e. The summed E-state index contributed by atoms with van der Waals surface area (Å²) < 4.78 is 16.9. The SMILES string of the molecule is CC=C(C)N.CCC[Si](OCC)(OCC)OCC. The van der Waals surface area contributed by atoms with Crippen molar-refractivity contribution in [3.8, 4) is 0 Å². The molecule has 0 heterocycles. The quantitative estimate of drug-likeness (QED) is 0.692. The molecule has 0 aliphatic rings. The first-order chi connectivity index (χ1) is 8.51. The second kappa shape index (κ2) is 13.1. The van der Waals surface area contributed by atoms with Crippen molar-refractivity contribution in [1.29, 1.82) is 0 Å². The summed E-state index contributed by atoms with van der Waals surface area (Å²) in [5, 5.41) is 0. The summed E-state index contributed by atoms with van der Waals surface area (Å²) in [5.41, 5.74) is 6.03. The molecule has 0 fully saturated rings. The number of nitrogens with two attached hydrogens (primary N) is 1. The van der Waals surface area contributed by atoms with Crippen LogP contribution < -0.4 is 5.73 Å². The number of allylic oxidation sites excluding steroid dienone is 2. The number of hydrogen-bond donors (Lipinski definition) is 1. The van der Waals surface area contributed by atoms with Crippen LogP contribution >= 0.6 is 0 Å². The Hall–Kier alpha value is -0.363. The van der Waals surface area contributed by atoms with E-state index in [1.165, 1.54) is 0 Å². The second-order valence-corrected chi connectivity index (χ2v) is 6.50. The smallest absolute Gasteiger partial charge is 0.403 e. The van der Waals surface area contributed by atoms with Gasteiger partial charge in [0.2, 0.25) is 0 Å². The average molecular weight is 277 g/mol. The lowest BCUT2D eigenvalue weighted by molar-refractivity contribution is 0.0712. The first kappa shape index (κ1) is 20.0. The van der Waals surface area contributed by atoms with Crippen LogP contribution in [0.3, 0.4) is 0 Å². The van der Waals surface area contributed by atoms with E-state index in [2.05, 4.69) is 6.92 Å². The molecule has 0 bridgehead atoms. The molecule has 4 nitrogen and oxygen atoms in total. The van der Waals surface area contributed by atoms with Gasteiger partial charge in [0.25, 0.3) is 0 Å². The van der Waals surface area contributed by atoms with Gasteiger partial charge in [0.15, 0.2) is 0 Å². The fraction of sp³-hybridized carbons (Fsp3) is 0.846. The minimum atomic E-state index is -2.30. The van der Waals surface area contributed by atoms with Crippen molar-refractivity contribution in [2.45, 2.75) is 54.0 Å². The van der Waals surface area contributed by atoms with Gasteiger partial charge in [-0.3, -0.25) is 0 Å². The summed E-state index contributed by atoms with van der Waals surface area (Å²) in [4.78, 5) is 0. The van der Waals surface area contributed by atoms with Gasteiger partial charge < -0.3 is 19.0 Å². The Bertz CT molecular complexity index is 177. The van der Waals surface area contributed by atoms with Gasteiger partial charge in [-0.2, -0.15) is 0 Å². The second-order valence-electron chi connectivity index (χ2n) is 3.76. The van der Waals surface area contributed by atoms with E-state index < -0.39 is 8.80 Å². The molecular weight excluding hydrogens is 246 g/mol. The molecule has 0 rings (SSSR count). The first-order valence-electron chi connectivity index (χ1n) is 6.82. The molecule has 0 aliphatic heterocycles. The van der Waals surface area contributed by atoms with Gasteiger partial charge in [0, 0.05) is 31.6 Å². The molecule has 18 heavy (non-hydrogen) atoms. The van der Waals surface area contributed by atoms with E-state index in [9.17, 15) is 0 Å². The van der Waals surface area contributed by atoms with Crippen molar-refractivity contribution in [3.63, 3.8) is 0 Å². The zero-order valence-corrected chi connectivity index (χ0v) is 13.9. The van der Waals surface area contributed by atoms with Crippen LogP contribution in [-0.2, 0) is 13.3 Å². The summed E-state index contributed by atoms with van der Waals surface area (Å²) in [6.07, 6.45) is 2.91. The molecule has 0 saturated heterocycles. The molecular formula is C13H31NO3Si. The van der Waals surface area contributed by atoms with Gasteiger partial charge in [-0.15, -0.1) is 0 Å². The highest BCUT2D eigenvalue weighted by Gasteiger charge is 2.38. The van der Waals surface area contributed by atoms with Crippen molar-refractivity contribution in [3.05, 3.63) is 11.8 Å². The van der Waals surface area contributed by atoms with Crippen LogP contribution in [0.5, 0.6) is 0 Å². The molecule has 0 radical (unpaired) electrons. The van der Waals surface area contributed by atoms with Crippen LogP contribution in [0.15, 0.2) is 11.8 Å². The third kappa shape index (κ3) is 10.8. The lowest BCUT2D eigenvalue weighted by Gasteiger charge is -2.27. The van der Waals surface area contributed by atoms with Crippen LogP contribution in [0.2, 0.25) is 6.04 Å². The van der Waals surface area contributed by atoms with E-state index in [4.69, 9.17) is 19.0 Å². The standard InChI is InChI=1S/C9H22O3Si.C4H9N/c1-5-9-13(10-6-2,11-7-3)12-8-4;1-3-4(2)5/h5-9H2,1-4H3;3H,5H2,1-2H3. The number of rotatable bonds is 8. The third-order valence-electron chi connectivity index (χ3n) is 2.10. The average Bonchev–Trinajstić information content (AvgIpc) is 2.31. The molecule has 2 N–H and O–H groups in total. The predicted molar refractivity (Wildman–Crippen MR) is 79.3 cm³/mol. The van der Waals surface area contributed by atoms with E-state index in [0.29, 0.717) is 19.8 Å². The maximum absolute atomic E-state index is 5.65. The maximum atomic E-state index is 5.65. The zero-order chi connectivity index (χ0) is 14.4. The Morgan fingerprint density at radius 1 is 1.00 bits per heavy atom. The molecule has 0 aromatic rings. The Labute approximate surface area is 114 Å². The van der Waals surface area contributed by atoms with Gasteiger partial charge in [-0.05, 0) is 34.6 Å². The molecule has 0 spiro atoms. The van der Waals surface area contributed by atoms with Gasteiger partial charge >= 0.3 is 8.80 Å². The van der Waals surface area contributed by atoms with Gasteiger partial charge in [-0.1, -0.05) is 19.4 Å². The molecule has 5 heteroatoms. The Morgan fingerprint density at radius 2 is 1.33 bits per heavy atom. The summed E-state index contributed by atoms with van der Waals surface area (Å²) in [7, 11) is -2.30. The molecule has 0 aromatic carbocycles. The predicted octanol–water partition coefficient (Wildman–Crippen LogP) is 3.31. The zero-order valence-electron chi connectivity index (χ0n) is 12.9. The Kier molecular flexibility index (Phi) is 14.5. The van der Waals surface area contributed by atoms with Crippen LogP contribution in [0.4, 0.5) is 0 Å². The monoisotopic (exact) mass is 277 g/mol. The van der Waals surface area contributed by atoms with Crippen molar-refractivity contribution in [2.24, 2.45) is 5.73 Å². The van der Waals surface area contributed by atoms with Crippen molar-refractivity contribution in [1.82, 2.24) is 0 Å². The van der Waals surface area contributed by atoms with Crippen molar-refractivity contribution < 1.29 is 13.3 Å². The molecule has 0 aliphatic carbocycles. The van der Waals surface area contributed by atoms with Gasteiger partial charge in [0.05, 0.1) is 0 Å². The molecule has 0 amide bonds. The van der Waals surface area contributed by atoms with E-state index in [1.807, 2.05) is 40.7 Å². The Morgan fingerprint density at radius 3 is 1.50 bits per heavy atom. The highest BCUT2D eigenvalue weighted by molar-refractivity contribution is 6.60. The highest BCUT2D eigenvalue weighted by Crippen LogP contribution is 2.17. The lowest BCUT2D eigenvalue weighted by Crippen LogP contribution is -2.45. The molecule has 0 saturated carbocycles. The van der Waals surface area contributed by atoms with E-state index in [1.54, 1.807) is 0 Å². The van der Waals surface area contributed by atoms with Crippen LogP contribution in [-0.4, -0.2) is 28.6 Å². The van der Waals surface area contributed by atoms with Crippen LogP contribution in [0.1, 0.15) is 48.0 Å². The highest BCUT2D eigenvalue weighted by atomic mass is 28.4. The van der Waals surface area contributed by atoms with Gasteiger partial charge in [0.1, 0.15) is 0 Å². The van der Waals surface area contributed by atoms with Crippen molar-refractivity contribution in [2.75, 3.05) is 19.8 Å². The Balaban J connectivity index is 0. The molecule has 0 atom stereocenters. The maximum Gasteiger partial charge on any atom is 0.500 e. The van der Waals surface area contributed by atoms with Crippen LogP contribution in [0, 0.1) is 0 Å². The minimum absolute atomic E-state index is 0.673. The summed E-state index contributed by atoms with van der Waals surface area (Å²) in [6.45, 7) is 13.9. The molecule has 0 aromatic heterocycles. The fourth-order valence-corrected chi connectivity index (χ4v) is 3.92. The van der Waals surface area contributed by atoms with Crippen LogP contribution in [0.25, 0.3) is 0 Å². The molecule has 110 valence electrons. The van der Waals surface area contributed by atoms with Gasteiger partial charge in [-0.25, -0.2) is 0 Å². The number of hydrogen-bond acceptors (Lipinski definition) is 4. The third-order valence-corrected chi connectivity index (χ3v) is 5.40. The topological polar surface area (TPSA) is 53.7 Å². The van der Waals surface area contributed by atoms with Crippen molar-refractivity contribution >= 4 is 8.80 Å². The lowest BCUT2D eigenvalue weighted by atomic mass is 10.5. The normalized spacial score (nSPS) is 12.0. The van der Waals surface area contributed by atoms with E-state index in [0.717, 1.165) is 18.2 Å². The molecule has 0 unspecified atom stereocenters. The summed E-state index contributed by atoms with van der Waals surface area (Å²) >= 11 is 0. The fourth-order valence-electron chi connectivity index (χ4n) is 1.31. The first-order valence-corrected chi connectivity index (χ1v) is 8.75. The summed E-state index contributed by atoms with van der Waals surface area (Å²) in [6, 6.07) is 0.919. The largest absolute Gasteiger partial charge is 0.500 e.